The van der Waals surface area contributed by atoms with E-state index in [0.717, 1.165) is 5.56 Å². The SMILES string of the molecule is CCC(C)[C@@H]1NCCOc2ccccc2/C=C/CNC(=O)[C@@H](Cc2ccc(F)cc2)NC(=O)[C@H](C(C)O)N(C)C1=O. The van der Waals surface area contributed by atoms with Crippen LogP contribution in [0.2, 0.25) is 0 Å². The van der Waals surface area contributed by atoms with Crippen molar-refractivity contribution in [2.24, 2.45) is 5.92 Å². The Bertz CT molecular complexity index is 1200. The Hall–Kier alpha value is -3.76. The molecule has 2 unspecified atom stereocenters. The molecule has 0 aliphatic carbocycles. The number of amides is 3. The molecule has 0 spiro atoms. The number of halogens is 1. The molecule has 0 saturated heterocycles. The Labute approximate surface area is 241 Å². The Balaban J connectivity index is 1.96. The van der Waals surface area contributed by atoms with E-state index in [9.17, 15) is 23.9 Å². The van der Waals surface area contributed by atoms with Crippen LogP contribution < -0.4 is 20.7 Å². The van der Waals surface area contributed by atoms with E-state index < -0.39 is 41.9 Å². The highest BCUT2D eigenvalue weighted by atomic mass is 19.1. The maximum atomic E-state index is 13.7. The average Bonchev–Trinajstić information content (AvgIpc) is 2.95. The van der Waals surface area contributed by atoms with Crippen LogP contribution in [0.3, 0.4) is 0 Å². The molecule has 0 aromatic heterocycles. The summed E-state index contributed by atoms with van der Waals surface area (Å²) in [4.78, 5) is 41.7. The normalized spacial score (nSPS) is 23.6. The van der Waals surface area contributed by atoms with E-state index in [2.05, 4.69) is 16.0 Å². The highest BCUT2D eigenvalue weighted by Crippen LogP contribution is 2.20. The summed E-state index contributed by atoms with van der Waals surface area (Å²) in [5, 5.41) is 19.4. The predicted octanol–water partition coefficient (Wildman–Crippen LogP) is 2.29. The summed E-state index contributed by atoms with van der Waals surface area (Å²) >= 11 is 0. The lowest BCUT2D eigenvalue weighted by Crippen LogP contribution is -2.61. The summed E-state index contributed by atoms with van der Waals surface area (Å²) in [5.41, 5.74) is 1.46. The summed E-state index contributed by atoms with van der Waals surface area (Å²) in [6, 6.07) is 10.2. The topological polar surface area (TPSA) is 120 Å². The molecule has 3 rings (SSSR count). The van der Waals surface area contributed by atoms with E-state index in [-0.39, 0.29) is 24.8 Å². The molecule has 41 heavy (non-hydrogen) atoms. The second-order valence-electron chi connectivity index (χ2n) is 10.4. The molecule has 2 aromatic rings. The summed E-state index contributed by atoms with van der Waals surface area (Å²) < 4.78 is 19.5. The van der Waals surface area contributed by atoms with Gasteiger partial charge in [0.1, 0.15) is 30.3 Å². The number of rotatable bonds is 5. The fraction of sp³-hybridized carbons (Fsp3) is 0.452. The molecule has 5 atom stereocenters. The van der Waals surface area contributed by atoms with E-state index in [1.54, 1.807) is 18.2 Å². The average molecular weight is 569 g/mol. The zero-order valence-electron chi connectivity index (χ0n) is 24.1. The number of hydrogen-bond acceptors (Lipinski definition) is 6. The maximum absolute atomic E-state index is 13.7. The van der Waals surface area contributed by atoms with Crippen LogP contribution >= 0.6 is 0 Å². The van der Waals surface area contributed by atoms with E-state index in [1.165, 1.54) is 31.0 Å². The van der Waals surface area contributed by atoms with Gasteiger partial charge in [-0.1, -0.05) is 62.8 Å². The number of benzene rings is 2. The van der Waals surface area contributed by atoms with Crippen molar-refractivity contribution in [1.29, 1.82) is 0 Å². The van der Waals surface area contributed by atoms with E-state index in [1.807, 2.05) is 44.2 Å². The minimum atomic E-state index is -1.25. The van der Waals surface area contributed by atoms with Crippen molar-refractivity contribution >= 4 is 23.8 Å². The molecule has 4 N–H and O–H groups in total. The summed E-state index contributed by atoms with van der Waals surface area (Å²) in [5.74, 6) is -1.31. The quantitative estimate of drug-likeness (QED) is 0.440. The fourth-order valence-corrected chi connectivity index (χ4v) is 4.76. The molecular formula is C31H41FN4O5. The van der Waals surface area contributed by atoms with Gasteiger partial charge in [-0.05, 0) is 36.6 Å². The molecule has 3 amide bonds. The van der Waals surface area contributed by atoms with Gasteiger partial charge in [0.05, 0.1) is 12.1 Å². The Morgan fingerprint density at radius 3 is 2.46 bits per heavy atom. The van der Waals surface area contributed by atoms with Crippen molar-refractivity contribution in [2.45, 2.75) is 57.8 Å². The number of aliphatic hydroxyl groups excluding tert-OH is 1. The molecule has 10 heteroatoms. The van der Waals surface area contributed by atoms with Crippen molar-refractivity contribution in [2.75, 3.05) is 26.7 Å². The number of fused-ring (bicyclic) bond motifs is 1. The third-order valence-electron chi connectivity index (χ3n) is 7.29. The van der Waals surface area contributed by atoms with Gasteiger partial charge in [-0.25, -0.2) is 4.39 Å². The number of likely N-dealkylation sites (N-methyl/N-ethyl adjacent to an activating group) is 1. The molecule has 0 fully saturated rings. The first kappa shape index (κ1) is 31.8. The van der Waals surface area contributed by atoms with Crippen LogP contribution in [0.5, 0.6) is 5.75 Å². The van der Waals surface area contributed by atoms with E-state index in [0.29, 0.717) is 30.9 Å². The van der Waals surface area contributed by atoms with Crippen LogP contribution in [-0.4, -0.2) is 78.7 Å². The van der Waals surface area contributed by atoms with Crippen LogP contribution in [-0.2, 0) is 20.8 Å². The lowest BCUT2D eigenvalue weighted by Gasteiger charge is -2.35. The van der Waals surface area contributed by atoms with E-state index >= 15 is 0 Å². The number of ether oxygens (including phenoxy) is 1. The third-order valence-corrected chi connectivity index (χ3v) is 7.29. The first-order chi connectivity index (χ1) is 19.6. The van der Waals surface area contributed by atoms with Crippen molar-refractivity contribution in [1.82, 2.24) is 20.9 Å². The Morgan fingerprint density at radius 1 is 1.07 bits per heavy atom. The zero-order chi connectivity index (χ0) is 29.9. The number of aliphatic hydroxyl groups is 1. The molecule has 1 aliphatic rings. The van der Waals surface area contributed by atoms with Gasteiger partial charge in [0.15, 0.2) is 0 Å². The number of para-hydroxylation sites is 1. The molecular weight excluding hydrogens is 527 g/mol. The maximum Gasteiger partial charge on any atom is 0.246 e. The van der Waals surface area contributed by atoms with Gasteiger partial charge in [-0.3, -0.25) is 14.4 Å². The summed E-state index contributed by atoms with van der Waals surface area (Å²) in [6.07, 6.45) is 3.19. The van der Waals surface area contributed by atoms with Crippen molar-refractivity contribution in [3.63, 3.8) is 0 Å². The van der Waals surface area contributed by atoms with Gasteiger partial charge in [-0.15, -0.1) is 0 Å². The highest BCUT2D eigenvalue weighted by Gasteiger charge is 2.37. The molecule has 1 aliphatic heterocycles. The predicted molar refractivity (Wildman–Crippen MR) is 155 cm³/mol. The minimum Gasteiger partial charge on any atom is -0.492 e. The van der Waals surface area contributed by atoms with Gasteiger partial charge in [0.2, 0.25) is 17.7 Å². The Morgan fingerprint density at radius 2 is 1.78 bits per heavy atom. The van der Waals surface area contributed by atoms with Crippen molar-refractivity contribution in [3.8, 4) is 5.75 Å². The minimum absolute atomic E-state index is 0.0690. The molecule has 2 aromatic carbocycles. The number of carbonyl (C=O) groups excluding carboxylic acids is 3. The van der Waals surface area contributed by atoms with Crippen molar-refractivity contribution < 1.29 is 28.6 Å². The largest absolute Gasteiger partial charge is 0.492 e. The molecule has 0 radical (unpaired) electrons. The van der Waals surface area contributed by atoms with Crippen LogP contribution in [0, 0.1) is 11.7 Å². The lowest BCUT2D eigenvalue weighted by molar-refractivity contribution is -0.146. The highest BCUT2D eigenvalue weighted by molar-refractivity contribution is 5.93. The number of nitrogens with zero attached hydrogens (tertiary/aromatic N) is 1. The van der Waals surface area contributed by atoms with E-state index in [4.69, 9.17) is 4.74 Å². The fourth-order valence-electron chi connectivity index (χ4n) is 4.76. The molecule has 1 heterocycles. The molecule has 0 saturated carbocycles. The smallest absolute Gasteiger partial charge is 0.246 e. The molecule has 9 nitrogen and oxygen atoms in total. The number of nitrogens with one attached hydrogen (secondary N) is 3. The second-order valence-corrected chi connectivity index (χ2v) is 10.4. The summed E-state index contributed by atoms with van der Waals surface area (Å²) in [7, 11) is 1.47. The molecule has 0 bridgehead atoms. The number of hydrogen-bond donors (Lipinski definition) is 4. The van der Waals surface area contributed by atoms with Crippen LogP contribution in [0.15, 0.2) is 54.6 Å². The third kappa shape index (κ3) is 8.86. The van der Waals surface area contributed by atoms with Gasteiger partial charge >= 0.3 is 0 Å². The standard InChI is InChI=1S/C31H41FN4O5/c1-5-20(2)27-31(40)36(4)28(21(3)37)30(39)35-25(19-22-12-14-24(32)15-13-22)29(38)34-16-8-10-23-9-6-7-11-26(23)41-18-17-33-27/h6-15,20-21,25,27-28,33,37H,5,16-19H2,1-4H3,(H,34,38)(H,35,39)/b10-8+/t20?,21?,25-,27+,28+/m1/s1. The Kier molecular flexibility index (Phi) is 11.9. The zero-order valence-corrected chi connectivity index (χ0v) is 24.1. The molecule has 222 valence electrons. The van der Waals surface area contributed by atoms with Crippen molar-refractivity contribution in [3.05, 3.63) is 71.6 Å². The first-order valence-electron chi connectivity index (χ1n) is 14.0. The monoisotopic (exact) mass is 568 g/mol. The van der Waals surface area contributed by atoms with Gasteiger partial charge in [-0.2, -0.15) is 0 Å². The number of carbonyl (C=O) groups is 3. The van der Waals surface area contributed by atoms with Crippen LogP contribution in [0.1, 0.15) is 38.3 Å². The lowest BCUT2D eigenvalue weighted by atomic mass is 9.96. The van der Waals surface area contributed by atoms with Gasteiger partial charge in [0.25, 0.3) is 0 Å². The summed E-state index contributed by atoms with van der Waals surface area (Å²) in [6.45, 7) is 6.21. The van der Waals surface area contributed by atoms with Crippen LogP contribution in [0.25, 0.3) is 6.08 Å². The van der Waals surface area contributed by atoms with Gasteiger partial charge < -0.3 is 30.7 Å². The second kappa shape index (κ2) is 15.3. The van der Waals surface area contributed by atoms with Gasteiger partial charge in [0, 0.05) is 32.1 Å². The first-order valence-corrected chi connectivity index (χ1v) is 14.0. The van der Waals surface area contributed by atoms with Crippen LogP contribution in [0.4, 0.5) is 4.39 Å².